The predicted molar refractivity (Wildman–Crippen MR) is 121 cm³/mol. The number of fused-ring (bicyclic) bond motifs is 1. The van der Waals surface area contributed by atoms with Crippen molar-refractivity contribution in [3.8, 4) is 0 Å². The van der Waals surface area contributed by atoms with Gasteiger partial charge in [0, 0.05) is 35.8 Å². The number of likely N-dealkylation sites (N-methyl/N-ethyl adjacent to an activating group) is 1. The number of rotatable bonds is 3. The van der Waals surface area contributed by atoms with Crippen LogP contribution in [-0.4, -0.2) is 49.1 Å². The number of amides is 1. The van der Waals surface area contributed by atoms with Crippen molar-refractivity contribution in [2.24, 2.45) is 4.99 Å². The van der Waals surface area contributed by atoms with E-state index in [4.69, 9.17) is 28.8 Å². The Hall–Kier alpha value is -2.48. The van der Waals surface area contributed by atoms with Gasteiger partial charge in [0.1, 0.15) is 0 Å². The third-order valence-corrected chi connectivity index (χ3v) is 5.58. The number of thiocarbonyl (C=S) groups is 1. The van der Waals surface area contributed by atoms with Crippen LogP contribution >= 0.6 is 23.8 Å². The Balaban J connectivity index is 1.71. The van der Waals surface area contributed by atoms with Crippen molar-refractivity contribution >= 4 is 46.2 Å². The molecule has 2 aliphatic rings. The lowest BCUT2D eigenvalue weighted by molar-refractivity contribution is -0.119. The second-order valence-electron chi connectivity index (χ2n) is 7.11. The Morgan fingerprint density at radius 3 is 2.76 bits per heavy atom. The standard InChI is InChI=1S/C21H22ClN5OS/c1-27-17-8-7-14(22)11-16(17)18(13-5-3-2-4-6-13)25-19(20(27)28)26-21(29)24-15-9-10-23-12-15/h2-8,11,15,19,23H,9-10,12H2,1H3,(H2,24,26,29). The number of hydrogen-bond acceptors (Lipinski definition) is 4. The number of carbonyl (C=O) groups excluding carboxylic acids is 1. The SMILES string of the molecule is CN1C(=O)C(NC(=S)NC2CCNC2)N=C(c2ccccc2)c2cc(Cl)ccc21. The minimum atomic E-state index is -0.837. The fourth-order valence-corrected chi connectivity index (χ4v) is 4.05. The molecule has 1 fully saturated rings. The van der Waals surface area contributed by atoms with Crippen LogP contribution in [0.25, 0.3) is 0 Å². The van der Waals surface area contributed by atoms with Crippen molar-refractivity contribution in [2.45, 2.75) is 18.6 Å². The summed E-state index contributed by atoms with van der Waals surface area (Å²) in [7, 11) is 1.74. The second kappa shape index (κ2) is 8.49. The molecule has 2 aromatic rings. The van der Waals surface area contributed by atoms with Crippen LogP contribution in [0.4, 0.5) is 5.69 Å². The fourth-order valence-electron chi connectivity index (χ4n) is 3.60. The summed E-state index contributed by atoms with van der Waals surface area (Å²) in [6.45, 7) is 1.81. The second-order valence-corrected chi connectivity index (χ2v) is 7.96. The molecule has 3 N–H and O–H groups in total. The van der Waals surface area contributed by atoms with E-state index in [0.29, 0.717) is 15.8 Å². The third kappa shape index (κ3) is 4.27. The summed E-state index contributed by atoms with van der Waals surface area (Å²) < 4.78 is 0. The molecule has 1 amide bonds. The number of anilines is 1. The van der Waals surface area contributed by atoms with Gasteiger partial charge in [0.2, 0.25) is 6.17 Å². The average molecular weight is 428 g/mol. The zero-order valence-electron chi connectivity index (χ0n) is 16.0. The Morgan fingerprint density at radius 2 is 2.03 bits per heavy atom. The maximum atomic E-state index is 13.2. The molecule has 2 heterocycles. The highest BCUT2D eigenvalue weighted by atomic mass is 35.5. The van der Waals surface area contributed by atoms with Gasteiger partial charge in [-0.05, 0) is 43.4 Å². The molecule has 29 heavy (non-hydrogen) atoms. The molecule has 4 rings (SSSR count). The highest BCUT2D eigenvalue weighted by Crippen LogP contribution is 2.29. The van der Waals surface area contributed by atoms with E-state index in [2.05, 4.69) is 16.0 Å². The average Bonchev–Trinajstić information content (AvgIpc) is 3.20. The lowest BCUT2D eigenvalue weighted by Gasteiger charge is -2.23. The molecule has 8 heteroatoms. The lowest BCUT2D eigenvalue weighted by atomic mass is 10.0. The lowest BCUT2D eigenvalue weighted by Crippen LogP contribution is -2.51. The molecule has 150 valence electrons. The monoisotopic (exact) mass is 427 g/mol. The smallest absolute Gasteiger partial charge is 0.272 e. The molecular formula is C21H22ClN5OS. The van der Waals surface area contributed by atoms with Crippen molar-refractivity contribution in [3.05, 3.63) is 64.7 Å². The Morgan fingerprint density at radius 1 is 1.24 bits per heavy atom. The van der Waals surface area contributed by atoms with Crippen LogP contribution in [-0.2, 0) is 4.79 Å². The molecule has 1 saturated heterocycles. The molecule has 2 unspecified atom stereocenters. The van der Waals surface area contributed by atoms with E-state index in [-0.39, 0.29) is 11.9 Å². The van der Waals surface area contributed by atoms with E-state index < -0.39 is 6.17 Å². The van der Waals surface area contributed by atoms with E-state index in [9.17, 15) is 4.79 Å². The van der Waals surface area contributed by atoms with Gasteiger partial charge in [0.05, 0.1) is 11.4 Å². The van der Waals surface area contributed by atoms with Crippen molar-refractivity contribution in [3.63, 3.8) is 0 Å². The van der Waals surface area contributed by atoms with Gasteiger partial charge in [-0.15, -0.1) is 0 Å². The number of hydrogen-bond donors (Lipinski definition) is 3. The van der Waals surface area contributed by atoms with Crippen LogP contribution in [0.5, 0.6) is 0 Å². The fraction of sp³-hybridized carbons (Fsp3) is 0.286. The molecule has 0 bridgehead atoms. The Kier molecular flexibility index (Phi) is 5.80. The molecule has 2 aromatic carbocycles. The number of benzene rings is 2. The largest absolute Gasteiger partial charge is 0.359 e. The van der Waals surface area contributed by atoms with Crippen LogP contribution in [0.3, 0.4) is 0 Å². The number of nitrogens with one attached hydrogen (secondary N) is 3. The van der Waals surface area contributed by atoms with Gasteiger partial charge in [-0.2, -0.15) is 0 Å². The molecule has 0 radical (unpaired) electrons. The highest BCUT2D eigenvalue weighted by molar-refractivity contribution is 7.80. The van der Waals surface area contributed by atoms with E-state index in [1.54, 1.807) is 18.0 Å². The third-order valence-electron chi connectivity index (χ3n) is 5.11. The van der Waals surface area contributed by atoms with Gasteiger partial charge in [-0.3, -0.25) is 4.79 Å². The van der Waals surface area contributed by atoms with Gasteiger partial charge in [-0.1, -0.05) is 41.9 Å². The first-order valence-corrected chi connectivity index (χ1v) is 10.3. The molecule has 2 aliphatic heterocycles. The van der Waals surface area contributed by atoms with Gasteiger partial charge in [-0.25, -0.2) is 4.99 Å². The summed E-state index contributed by atoms with van der Waals surface area (Å²) in [5.41, 5.74) is 3.17. The molecule has 0 aliphatic carbocycles. The zero-order chi connectivity index (χ0) is 20.4. The summed E-state index contributed by atoms with van der Waals surface area (Å²) in [5, 5.41) is 10.7. The minimum absolute atomic E-state index is 0.187. The maximum absolute atomic E-state index is 13.2. The quantitative estimate of drug-likeness (QED) is 0.656. The van der Waals surface area contributed by atoms with Crippen LogP contribution in [0.1, 0.15) is 17.5 Å². The summed E-state index contributed by atoms with van der Waals surface area (Å²) in [6.07, 6.45) is 0.152. The topological polar surface area (TPSA) is 68.8 Å². The maximum Gasteiger partial charge on any atom is 0.272 e. The first-order chi connectivity index (χ1) is 14.0. The van der Waals surface area contributed by atoms with E-state index in [1.165, 1.54) is 0 Å². The van der Waals surface area contributed by atoms with Crippen LogP contribution in [0, 0.1) is 0 Å². The van der Waals surface area contributed by atoms with Gasteiger partial charge >= 0.3 is 0 Å². The van der Waals surface area contributed by atoms with Crippen LogP contribution in [0.15, 0.2) is 53.5 Å². The molecule has 6 nitrogen and oxygen atoms in total. The molecule has 0 spiro atoms. The summed E-state index contributed by atoms with van der Waals surface area (Å²) in [6, 6.07) is 15.5. The summed E-state index contributed by atoms with van der Waals surface area (Å²) >= 11 is 11.7. The zero-order valence-corrected chi connectivity index (χ0v) is 17.6. The van der Waals surface area contributed by atoms with Crippen LogP contribution < -0.4 is 20.9 Å². The van der Waals surface area contributed by atoms with E-state index in [0.717, 1.165) is 36.3 Å². The van der Waals surface area contributed by atoms with Gasteiger partial charge in [0.15, 0.2) is 5.11 Å². The molecule has 0 saturated carbocycles. The van der Waals surface area contributed by atoms with Crippen molar-refractivity contribution in [1.29, 1.82) is 0 Å². The Labute approximate surface area is 180 Å². The number of carbonyl (C=O) groups is 1. The molecular weight excluding hydrogens is 406 g/mol. The number of nitrogens with zero attached hydrogens (tertiary/aromatic N) is 2. The molecule has 0 aromatic heterocycles. The summed E-state index contributed by atoms with van der Waals surface area (Å²) in [4.78, 5) is 19.6. The van der Waals surface area contributed by atoms with Crippen molar-refractivity contribution in [2.75, 3.05) is 25.0 Å². The molecule has 2 atom stereocenters. The van der Waals surface area contributed by atoms with Crippen molar-refractivity contribution < 1.29 is 4.79 Å². The highest BCUT2D eigenvalue weighted by Gasteiger charge is 2.31. The van der Waals surface area contributed by atoms with Crippen molar-refractivity contribution in [1.82, 2.24) is 16.0 Å². The first kappa shape index (κ1) is 19.8. The number of aliphatic imine (C=N–C) groups is 1. The normalized spacial score (nSPS) is 21.2. The van der Waals surface area contributed by atoms with E-state index >= 15 is 0 Å². The number of benzodiazepines with no additional fused rings is 1. The number of halogens is 1. The van der Waals surface area contributed by atoms with Gasteiger partial charge < -0.3 is 20.9 Å². The van der Waals surface area contributed by atoms with Gasteiger partial charge in [0.25, 0.3) is 5.91 Å². The van der Waals surface area contributed by atoms with Crippen LogP contribution in [0.2, 0.25) is 5.02 Å². The summed E-state index contributed by atoms with van der Waals surface area (Å²) in [5.74, 6) is -0.187. The first-order valence-electron chi connectivity index (χ1n) is 9.51. The minimum Gasteiger partial charge on any atom is -0.359 e. The Bertz CT molecular complexity index is 959. The van der Waals surface area contributed by atoms with E-state index in [1.807, 2.05) is 42.5 Å². The predicted octanol–water partition coefficient (Wildman–Crippen LogP) is 2.31.